The molecular formula is C26H30FN3O4. The first-order valence-corrected chi connectivity index (χ1v) is 11.3. The second-order valence-electron chi connectivity index (χ2n) is 8.53. The van der Waals surface area contributed by atoms with E-state index in [1.165, 1.54) is 12.1 Å². The molecule has 0 spiro atoms. The standard InChI is InChI=1S/C26H30FN3O4/c1-29(2)25-17(14-20-22(32-3)11-12-23(33-4)24(20)28-25)15-30(16-18-8-7-13-34-18)26(31)19-9-5-6-10-21(19)27/h5-6,9-12,14,18H,7-8,13,15-16H2,1-4H3/t18-/m1/s1. The van der Waals surface area contributed by atoms with E-state index in [2.05, 4.69) is 0 Å². The van der Waals surface area contributed by atoms with Gasteiger partial charge in [-0.15, -0.1) is 0 Å². The zero-order valence-electron chi connectivity index (χ0n) is 20.0. The highest BCUT2D eigenvalue weighted by atomic mass is 19.1. The van der Waals surface area contributed by atoms with Gasteiger partial charge in [-0.1, -0.05) is 12.1 Å². The first kappa shape index (κ1) is 23.8. The quantitative estimate of drug-likeness (QED) is 0.493. The Labute approximate surface area is 199 Å². The number of anilines is 1. The van der Waals surface area contributed by atoms with Crippen LogP contribution < -0.4 is 14.4 Å². The Kier molecular flexibility index (Phi) is 7.17. The minimum atomic E-state index is -0.541. The average Bonchev–Trinajstić information content (AvgIpc) is 3.35. The summed E-state index contributed by atoms with van der Waals surface area (Å²) in [6.07, 6.45) is 1.73. The lowest BCUT2D eigenvalue weighted by molar-refractivity contribution is 0.0504. The minimum Gasteiger partial charge on any atom is -0.496 e. The van der Waals surface area contributed by atoms with Gasteiger partial charge in [0.2, 0.25) is 0 Å². The fourth-order valence-corrected chi connectivity index (χ4v) is 4.35. The molecule has 0 bridgehead atoms. The van der Waals surface area contributed by atoms with E-state index in [-0.39, 0.29) is 24.1 Å². The van der Waals surface area contributed by atoms with Gasteiger partial charge in [0.1, 0.15) is 28.7 Å². The number of nitrogens with zero attached hydrogens (tertiary/aromatic N) is 3. The van der Waals surface area contributed by atoms with Gasteiger partial charge in [-0.05, 0) is 43.2 Å². The predicted molar refractivity (Wildman–Crippen MR) is 129 cm³/mol. The number of hydrogen-bond donors (Lipinski definition) is 0. The second-order valence-corrected chi connectivity index (χ2v) is 8.53. The molecule has 0 aliphatic carbocycles. The van der Waals surface area contributed by atoms with Gasteiger partial charge < -0.3 is 24.0 Å². The number of methoxy groups -OCH3 is 2. The van der Waals surface area contributed by atoms with Gasteiger partial charge >= 0.3 is 0 Å². The van der Waals surface area contributed by atoms with E-state index in [4.69, 9.17) is 19.2 Å². The summed E-state index contributed by atoms with van der Waals surface area (Å²) in [6, 6.07) is 11.7. The first-order chi connectivity index (χ1) is 16.4. The van der Waals surface area contributed by atoms with Crippen molar-refractivity contribution in [1.29, 1.82) is 0 Å². The van der Waals surface area contributed by atoms with Crippen LogP contribution in [-0.4, -0.2) is 63.4 Å². The van der Waals surface area contributed by atoms with E-state index in [0.717, 1.165) is 23.8 Å². The van der Waals surface area contributed by atoms with Crippen LogP contribution in [0.4, 0.5) is 10.2 Å². The maximum atomic E-state index is 14.5. The van der Waals surface area contributed by atoms with E-state index >= 15 is 0 Å². The number of carbonyl (C=O) groups excluding carboxylic acids is 1. The van der Waals surface area contributed by atoms with Crippen LogP contribution in [0, 0.1) is 5.82 Å². The van der Waals surface area contributed by atoms with Gasteiger partial charge in [0.05, 0.1) is 25.9 Å². The Morgan fingerprint density at radius 1 is 1.15 bits per heavy atom. The van der Waals surface area contributed by atoms with Crippen LogP contribution in [0.3, 0.4) is 0 Å². The molecule has 3 aromatic rings. The van der Waals surface area contributed by atoms with Gasteiger partial charge in [0.25, 0.3) is 5.91 Å². The van der Waals surface area contributed by atoms with Crippen molar-refractivity contribution in [2.75, 3.05) is 46.4 Å². The molecule has 0 N–H and O–H groups in total. The van der Waals surface area contributed by atoms with Gasteiger partial charge in [0.15, 0.2) is 0 Å². The molecule has 4 rings (SSSR count). The highest BCUT2D eigenvalue weighted by Gasteiger charge is 2.27. The van der Waals surface area contributed by atoms with Crippen molar-refractivity contribution in [3.05, 3.63) is 59.4 Å². The highest BCUT2D eigenvalue weighted by molar-refractivity contribution is 5.95. The third kappa shape index (κ3) is 4.77. The van der Waals surface area contributed by atoms with E-state index < -0.39 is 5.82 Å². The number of aromatic nitrogens is 1. The zero-order valence-corrected chi connectivity index (χ0v) is 20.0. The monoisotopic (exact) mass is 467 g/mol. The molecule has 1 amide bonds. The van der Waals surface area contributed by atoms with E-state index in [1.54, 1.807) is 31.3 Å². The number of benzene rings is 2. The van der Waals surface area contributed by atoms with Crippen LogP contribution in [0.15, 0.2) is 42.5 Å². The lowest BCUT2D eigenvalue weighted by Gasteiger charge is -2.28. The number of hydrogen-bond acceptors (Lipinski definition) is 6. The Hall–Kier alpha value is -3.39. The number of pyridine rings is 1. The maximum Gasteiger partial charge on any atom is 0.257 e. The number of fused-ring (bicyclic) bond motifs is 1. The number of rotatable bonds is 8. The Balaban J connectivity index is 1.79. The molecule has 0 radical (unpaired) electrons. The normalized spacial score (nSPS) is 15.4. The second kappa shape index (κ2) is 10.3. The maximum absolute atomic E-state index is 14.5. The summed E-state index contributed by atoms with van der Waals surface area (Å²) in [5.41, 5.74) is 1.52. The van der Waals surface area contributed by atoms with E-state index in [0.29, 0.717) is 36.0 Å². The van der Waals surface area contributed by atoms with Crippen LogP contribution in [0.5, 0.6) is 11.5 Å². The molecule has 180 valence electrons. The summed E-state index contributed by atoms with van der Waals surface area (Å²) >= 11 is 0. The van der Waals surface area contributed by atoms with Crippen LogP contribution in [0.1, 0.15) is 28.8 Å². The molecule has 0 unspecified atom stereocenters. The van der Waals surface area contributed by atoms with Gasteiger partial charge in [-0.2, -0.15) is 0 Å². The molecule has 2 heterocycles. The topological polar surface area (TPSA) is 64.1 Å². The molecular weight excluding hydrogens is 437 g/mol. The molecule has 1 atom stereocenters. The van der Waals surface area contributed by atoms with Crippen molar-refractivity contribution in [3.63, 3.8) is 0 Å². The summed E-state index contributed by atoms with van der Waals surface area (Å²) in [5, 5.41) is 0.776. The van der Waals surface area contributed by atoms with Crippen molar-refractivity contribution in [2.45, 2.75) is 25.5 Å². The average molecular weight is 468 g/mol. The largest absolute Gasteiger partial charge is 0.496 e. The van der Waals surface area contributed by atoms with Crippen molar-refractivity contribution >= 4 is 22.6 Å². The van der Waals surface area contributed by atoms with Crippen LogP contribution in [-0.2, 0) is 11.3 Å². The summed E-state index contributed by atoms with van der Waals surface area (Å²) in [7, 11) is 7.00. The van der Waals surface area contributed by atoms with E-state index in [9.17, 15) is 9.18 Å². The molecule has 1 aromatic heterocycles. The first-order valence-electron chi connectivity index (χ1n) is 11.3. The number of halogens is 1. The molecule has 7 nitrogen and oxygen atoms in total. The molecule has 8 heteroatoms. The SMILES string of the molecule is COc1ccc(OC)c2nc(N(C)C)c(CN(C[C@H]3CCCO3)C(=O)c3ccccc3F)cc12. The lowest BCUT2D eigenvalue weighted by Crippen LogP contribution is -2.37. The molecule has 1 fully saturated rings. The van der Waals surface area contributed by atoms with Crippen LogP contribution >= 0.6 is 0 Å². The number of carbonyl (C=O) groups is 1. The highest BCUT2D eigenvalue weighted by Crippen LogP contribution is 2.35. The molecule has 1 saturated heterocycles. The molecule has 2 aromatic carbocycles. The summed E-state index contributed by atoms with van der Waals surface area (Å²) in [6.45, 7) is 1.28. The zero-order chi connectivity index (χ0) is 24.2. The molecule has 34 heavy (non-hydrogen) atoms. The Morgan fingerprint density at radius 3 is 2.53 bits per heavy atom. The molecule has 1 aliphatic heterocycles. The fraction of sp³-hybridized carbons (Fsp3) is 0.385. The number of ether oxygens (including phenoxy) is 3. The van der Waals surface area contributed by atoms with Gasteiger partial charge in [-0.25, -0.2) is 9.37 Å². The van der Waals surface area contributed by atoms with Crippen molar-refractivity contribution in [2.24, 2.45) is 0 Å². The Morgan fingerprint density at radius 2 is 1.88 bits per heavy atom. The van der Waals surface area contributed by atoms with Crippen molar-refractivity contribution in [3.8, 4) is 11.5 Å². The predicted octanol–water partition coefficient (Wildman–Crippen LogP) is 4.28. The van der Waals surface area contributed by atoms with Crippen LogP contribution in [0.25, 0.3) is 10.9 Å². The fourth-order valence-electron chi connectivity index (χ4n) is 4.35. The van der Waals surface area contributed by atoms with Gasteiger partial charge in [0, 0.05) is 44.7 Å². The van der Waals surface area contributed by atoms with E-state index in [1.807, 2.05) is 37.2 Å². The van der Waals surface area contributed by atoms with Crippen molar-refractivity contribution < 1.29 is 23.4 Å². The van der Waals surface area contributed by atoms with Crippen molar-refractivity contribution in [1.82, 2.24) is 9.88 Å². The molecule has 0 saturated carbocycles. The number of amides is 1. The summed E-state index contributed by atoms with van der Waals surface area (Å²) in [5.74, 6) is 1.06. The lowest BCUT2D eigenvalue weighted by atomic mass is 10.1. The molecule has 1 aliphatic rings. The Bertz CT molecular complexity index is 1180. The summed E-state index contributed by atoms with van der Waals surface area (Å²) in [4.78, 5) is 21.9. The third-order valence-corrected chi connectivity index (χ3v) is 6.03. The summed E-state index contributed by atoms with van der Waals surface area (Å²) < 4.78 is 31.4. The minimum absolute atomic E-state index is 0.0416. The smallest absolute Gasteiger partial charge is 0.257 e. The third-order valence-electron chi connectivity index (χ3n) is 6.03. The van der Waals surface area contributed by atoms with Gasteiger partial charge in [-0.3, -0.25) is 4.79 Å². The van der Waals surface area contributed by atoms with Crippen LogP contribution in [0.2, 0.25) is 0 Å².